The molecule has 0 aliphatic carbocycles. The summed E-state index contributed by atoms with van der Waals surface area (Å²) in [6.45, 7) is 0. The molecular weight excluding hydrogens is 138 g/mol. The molecule has 0 aliphatic heterocycles. The first-order valence-corrected chi connectivity index (χ1v) is 4.25. The Hall–Kier alpha value is -0.770. The minimum Gasteiger partial charge on any atom is -0.352 e. The molecule has 50 valence electrons. The highest BCUT2D eigenvalue weighted by Crippen LogP contribution is 2.01. The zero-order valence-corrected chi connectivity index (χ0v) is 5.70. The van der Waals surface area contributed by atoms with Gasteiger partial charge in [-0.25, -0.2) is 8.42 Å². The van der Waals surface area contributed by atoms with Crippen molar-refractivity contribution in [2.45, 2.75) is 5.03 Å². The molecule has 1 heterocycles. The van der Waals surface area contributed by atoms with Crippen molar-refractivity contribution in [2.75, 3.05) is 6.26 Å². The van der Waals surface area contributed by atoms with E-state index in [4.69, 9.17) is 1.37 Å². The minimum absolute atomic E-state index is 0.0162. The molecule has 1 rings (SSSR count). The number of sulfone groups is 1. The lowest BCUT2D eigenvalue weighted by Crippen LogP contribution is -1.95. The van der Waals surface area contributed by atoms with E-state index in [1.807, 2.05) is 0 Å². The Morgan fingerprint density at radius 3 is 2.67 bits per heavy atom. The Morgan fingerprint density at radius 1 is 1.78 bits per heavy atom. The van der Waals surface area contributed by atoms with Crippen LogP contribution in [-0.2, 0) is 9.84 Å². The summed E-state index contributed by atoms with van der Waals surface area (Å²) in [5.74, 6) is 0. The van der Waals surface area contributed by atoms with Crippen LogP contribution in [0.3, 0.4) is 0 Å². The van der Waals surface area contributed by atoms with E-state index in [0.29, 0.717) is 0 Å². The second kappa shape index (κ2) is 1.88. The Kier molecular flexibility index (Phi) is 1.05. The van der Waals surface area contributed by atoms with E-state index in [1.165, 1.54) is 12.3 Å². The molecule has 1 aromatic rings. The molecule has 0 unspecified atom stereocenters. The minimum atomic E-state index is -3.23. The van der Waals surface area contributed by atoms with Crippen molar-refractivity contribution < 1.29 is 9.79 Å². The van der Waals surface area contributed by atoms with Gasteiger partial charge < -0.3 is 4.98 Å². The standard InChI is InChI=1S/C5H7NO2S/c1-9(7,8)5-3-2-4-6-5/h2-4,6H,1H3/i3D. The van der Waals surface area contributed by atoms with Gasteiger partial charge in [-0.2, -0.15) is 0 Å². The molecule has 1 aromatic heterocycles. The van der Waals surface area contributed by atoms with Gasteiger partial charge in [0.15, 0.2) is 9.84 Å². The van der Waals surface area contributed by atoms with Crippen molar-refractivity contribution in [3.63, 3.8) is 0 Å². The SMILES string of the molecule is [2H]c1cc[nH]c1S(C)(=O)=O. The van der Waals surface area contributed by atoms with E-state index in [2.05, 4.69) is 4.98 Å². The number of hydrogen-bond acceptors (Lipinski definition) is 2. The molecule has 0 atom stereocenters. The van der Waals surface area contributed by atoms with Gasteiger partial charge in [0, 0.05) is 12.5 Å². The lowest BCUT2D eigenvalue weighted by molar-refractivity contribution is 0.599. The first-order valence-electron chi connectivity index (χ1n) is 2.86. The van der Waals surface area contributed by atoms with Crippen molar-refractivity contribution in [2.24, 2.45) is 0 Å². The number of rotatable bonds is 1. The summed E-state index contributed by atoms with van der Waals surface area (Å²) in [5, 5.41) is -0.0208. The van der Waals surface area contributed by atoms with Crippen LogP contribution >= 0.6 is 0 Å². The Labute approximate surface area is 55.0 Å². The molecule has 0 radical (unpaired) electrons. The smallest absolute Gasteiger partial charge is 0.190 e. The van der Waals surface area contributed by atoms with Gasteiger partial charge in [0.25, 0.3) is 0 Å². The molecule has 0 bridgehead atoms. The summed E-state index contributed by atoms with van der Waals surface area (Å²) in [7, 11) is -3.23. The highest BCUT2D eigenvalue weighted by molar-refractivity contribution is 7.90. The van der Waals surface area contributed by atoms with Gasteiger partial charge >= 0.3 is 0 Å². The van der Waals surface area contributed by atoms with Crippen LogP contribution in [0.25, 0.3) is 0 Å². The first kappa shape index (κ1) is 5.05. The molecule has 0 aromatic carbocycles. The topological polar surface area (TPSA) is 49.9 Å². The average Bonchev–Trinajstić information content (AvgIpc) is 2.11. The van der Waals surface area contributed by atoms with Gasteiger partial charge in [-0.15, -0.1) is 0 Å². The maximum atomic E-state index is 10.8. The van der Waals surface area contributed by atoms with Crippen molar-refractivity contribution in [3.8, 4) is 0 Å². The molecule has 4 heteroatoms. The zero-order chi connectivity index (χ0) is 7.78. The van der Waals surface area contributed by atoms with Gasteiger partial charge in [0.2, 0.25) is 0 Å². The fourth-order valence-electron chi connectivity index (χ4n) is 0.490. The van der Waals surface area contributed by atoms with Crippen LogP contribution in [-0.4, -0.2) is 19.7 Å². The molecule has 9 heavy (non-hydrogen) atoms. The molecule has 0 saturated carbocycles. The summed E-state index contributed by atoms with van der Waals surface area (Å²) in [6, 6.07) is 1.42. The van der Waals surface area contributed by atoms with Crippen molar-refractivity contribution >= 4 is 9.84 Å². The molecule has 1 N–H and O–H groups in total. The summed E-state index contributed by atoms with van der Waals surface area (Å²) in [5.41, 5.74) is 0. The van der Waals surface area contributed by atoms with E-state index in [9.17, 15) is 8.42 Å². The molecule has 0 spiro atoms. The van der Waals surface area contributed by atoms with E-state index in [1.54, 1.807) is 0 Å². The third kappa shape index (κ3) is 1.32. The molecule has 3 nitrogen and oxygen atoms in total. The zero-order valence-electron chi connectivity index (χ0n) is 5.88. The van der Waals surface area contributed by atoms with Crippen molar-refractivity contribution in [1.29, 1.82) is 0 Å². The fourth-order valence-corrected chi connectivity index (χ4v) is 1.05. The van der Waals surface area contributed by atoms with E-state index >= 15 is 0 Å². The lowest BCUT2D eigenvalue weighted by Gasteiger charge is -1.87. The van der Waals surface area contributed by atoms with Crippen LogP contribution in [0.15, 0.2) is 23.3 Å². The number of aromatic amines is 1. The second-order valence-corrected chi connectivity index (χ2v) is 3.68. The number of H-pyrrole nitrogens is 1. The van der Waals surface area contributed by atoms with Crippen LogP contribution < -0.4 is 0 Å². The maximum absolute atomic E-state index is 10.8. The monoisotopic (exact) mass is 146 g/mol. The average molecular weight is 146 g/mol. The van der Waals surface area contributed by atoms with Crippen LogP contribution in [0.4, 0.5) is 0 Å². The predicted octanol–water partition coefficient (Wildman–Crippen LogP) is 0.418. The summed E-state index contributed by atoms with van der Waals surface area (Å²) >= 11 is 0. The molecule has 0 aliphatic rings. The van der Waals surface area contributed by atoms with Crippen LogP contribution in [0.1, 0.15) is 1.37 Å². The third-order valence-electron chi connectivity index (χ3n) is 0.883. The molecule has 0 amide bonds. The van der Waals surface area contributed by atoms with Crippen LogP contribution in [0.5, 0.6) is 0 Å². The van der Waals surface area contributed by atoms with Crippen LogP contribution in [0, 0.1) is 0 Å². The Bertz CT molecular complexity index is 327. The first-order chi connectivity index (χ1) is 4.52. The Balaban J connectivity index is 3.32. The largest absolute Gasteiger partial charge is 0.352 e. The highest BCUT2D eigenvalue weighted by Gasteiger charge is 2.04. The summed E-state index contributed by atoms with van der Waals surface area (Å²) in [4.78, 5) is 2.47. The van der Waals surface area contributed by atoms with Gasteiger partial charge in [0.05, 0.1) is 1.37 Å². The normalized spacial score (nSPS) is 13.2. The number of nitrogens with one attached hydrogen (secondary N) is 1. The number of aromatic nitrogens is 1. The van der Waals surface area contributed by atoms with Gasteiger partial charge in [-0.05, 0) is 12.1 Å². The second-order valence-electron chi connectivity index (χ2n) is 1.72. The maximum Gasteiger partial charge on any atom is 0.190 e. The quantitative estimate of drug-likeness (QED) is 0.624. The van der Waals surface area contributed by atoms with Crippen molar-refractivity contribution in [1.82, 2.24) is 4.98 Å². The van der Waals surface area contributed by atoms with Gasteiger partial charge in [-0.1, -0.05) is 0 Å². The summed E-state index contributed by atoms with van der Waals surface area (Å²) in [6.07, 6.45) is 2.50. The highest BCUT2D eigenvalue weighted by atomic mass is 32.2. The number of hydrogen-bond donors (Lipinski definition) is 1. The Morgan fingerprint density at radius 2 is 2.44 bits per heavy atom. The molecule has 0 fully saturated rings. The van der Waals surface area contributed by atoms with Crippen LogP contribution in [0.2, 0.25) is 0 Å². The van der Waals surface area contributed by atoms with Gasteiger partial charge in [-0.3, -0.25) is 0 Å². The van der Waals surface area contributed by atoms with E-state index in [-0.39, 0.29) is 11.1 Å². The predicted molar refractivity (Wildman–Crippen MR) is 33.9 cm³/mol. The summed E-state index contributed by atoms with van der Waals surface area (Å²) < 4.78 is 28.6. The third-order valence-corrected chi connectivity index (χ3v) is 1.86. The fraction of sp³-hybridized carbons (Fsp3) is 0.200. The molecular formula is C5H7NO2S. The lowest BCUT2D eigenvalue weighted by atomic mass is 10.7. The molecule has 0 saturated heterocycles. The van der Waals surface area contributed by atoms with E-state index in [0.717, 1.165) is 6.26 Å². The van der Waals surface area contributed by atoms with Crippen molar-refractivity contribution in [3.05, 3.63) is 18.3 Å². The van der Waals surface area contributed by atoms with E-state index < -0.39 is 9.84 Å². The van der Waals surface area contributed by atoms with Gasteiger partial charge in [0.1, 0.15) is 5.03 Å².